The van der Waals surface area contributed by atoms with Crippen molar-refractivity contribution in [2.45, 2.75) is 121 Å². The third-order valence-electron chi connectivity index (χ3n) is 15.0. The molecule has 1 unspecified atom stereocenters. The number of phenols is 1. The lowest BCUT2D eigenvalue weighted by Crippen LogP contribution is -2.53. The maximum atomic E-state index is 13.4. The molecule has 6 N–H and O–H groups in total. The molecule has 3 fully saturated rings. The molecule has 1 saturated carbocycles. The number of carbonyl (C=O) groups excluding carboxylic acids is 2. The highest BCUT2D eigenvalue weighted by Gasteiger charge is 2.46. The number of nitrogens with one attached hydrogen (secondary N) is 3. The zero-order valence-electron chi connectivity index (χ0n) is 37.5. The molecule has 3 aliphatic heterocycles. The molecule has 5 atom stereocenters. The van der Waals surface area contributed by atoms with Crippen molar-refractivity contribution >= 4 is 17.6 Å². The number of carbonyl (C=O) groups is 2. The Labute approximate surface area is 375 Å². The van der Waals surface area contributed by atoms with Crippen LogP contribution in [0, 0.1) is 23.2 Å². The second-order valence-corrected chi connectivity index (χ2v) is 19.3. The van der Waals surface area contributed by atoms with Gasteiger partial charge < -0.3 is 31.5 Å². The predicted molar refractivity (Wildman–Crippen MR) is 254 cm³/mol. The van der Waals surface area contributed by atoms with E-state index in [9.17, 15) is 14.7 Å². The van der Waals surface area contributed by atoms with Crippen molar-refractivity contribution in [1.82, 2.24) is 16.0 Å². The molecule has 3 aromatic carbocycles. The lowest BCUT2D eigenvalue weighted by atomic mass is 9.60. The largest absolute Gasteiger partial charge is 0.504 e. The van der Waals surface area contributed by atoms with Crippen LogP contribution in [0.3, 0.4) is 0 Å². The zero-order chi connectivity index (χ0) is 43.6. The molecule has 3 aromatic rings. The van der Waals surface area contributed by atoms with Crippen molar-refractivity contribution in [3.05, 3.63) is 136 Å². The first-order valence-corrected chi connectivity index (χ1v) is 24.0. The molecule has 0 bridgehead atoms. The Morgan fingerprint density at radius 2 is 1.68 bits per heavy atom. The topological polar surface area (TPSA) is 126 Å². The Kier molecular flexibility index (Phi) is 15.1. The number of benzene rings is 3. The molecular formula is C55H70N4O4. The molecule has 2 aliphatic carbocycles. The number of fused-ring (bicyclic) bond motifs is 2. The van der Waals surface area contributed by atoms with E-state index in [4.69, 9.17) is 10.5 Å². The number of methoxy groups -OCH3 is 1. The molecule has 0 aromatic heterocycles. The number of aromatic hydroxyl groups is 1. The van der Waals surface area contributed by atoms with E-state index in [0.29, 0.717) is 41.9 Å². The summed E-state index contributed by atoms with van der Waals surface area (Å²) in [5.74, 6) is 2.24. The number of phenolic OH excluding ortho intramolecular Hbond substituents is 1. The molecule has 0 radical (unpaired) electrons. The fraction of sp³-hybridized carbons (Fsp3) is 0.491. The highest BCUT2D eigenvalue weighted by atomic mass is 16.5. The first-order chi connectivity index (χ1) is 30.7. The summed E-state index contributed by atoms with van der Waals surface area (Å²) in [4.78, 5) is 26.7. The number of dihydropyridines is 1. The molecule has 8 heteroatoms. The number of ether oxygens (including phenoxy) is 1. The Morgan fingerprint density at radius 3 is 2.49 bits per heavy atom. The fourth-order valence-electron chi connectivity index (χ4n) is 11.8. The maximum Gasteiger partial charge on any atom is 0.163 e. The number of hydrogen-bond donors (Lipinski definition) is 5. The number of aryl methyl sites for hydroxylation is 3. The minimum absolute atomic E-state index is 0.0165. The van der Waals surface area contributed by atoms with Gasteiger partial charge in [0.15, 0.2) is 17.3 Å². The number of nitrogens with two attached hydrogens (primary N) is 1. The molecule has 0 amide bonds. The van der Waals surface area contributed by atoms with E-state index >= 15 is 0 Å². The van der Waals surface area contributed by atoms with Gasteiger partial charge >= 0.3 is 0 Å². The van der Waals surface area contributed by atoms with E-state index in [1.807, 2.05) is 6.20 Å². The molecule has 2 saturated heterocycles. The zero-order valence-corrected chi connectivity index (χ0v) is 37.5. The number of hydrogen-bond acceptors (Lipinski definition) is 8. The lowest BCUT2D eigenvalue weighted by Gasteiger charge is -2.50. The van der Waals surface area contributed by atoms with Crippen molar-refractivity contribution in [3.63, 3.8) is 0 Å². The standard InChI is InChI=1S/C55H70N4O4/c1-63-52-32-41(44(31-51(52)62)30-45-37-59-53(56)33-42(45)19-18-40-13-7-12-39(28-40)17-16-38-10-3-2-4-11-38)20-21-48(61)34-47(60)15-8-25-55(23-5-6-24-55)35-50-49-22-27-57-36-46(49)29-43-14-9-26-58-54(43)50/h2-4,7,10-13,20-21,28-29,31-33,37,46,49-50,53-54,57-59,62H,5-6,8-9,14-19,22-27,30,34-36,56H2,1H3/b21-20+/t46-,49-,50+,53?,54+/m0/s1. The molecule has 334 valence electrons. The summed E-state index contributed by atoms with van der Waals surface area (Å²) >= 11 is 0. The summed E-state index contributed by atoms with van der Waals surface area (Å²) in [6.07, 6.45) is 26.3. The Morgan fingerprint density at radius 1 is 0.905 bits per heavy atom. The summed E-state index contributed by atoms with van der Waals surface area (Å²) in [7, 11) is 1.52. The fourth-order valence-corrected chi connectivity index (χ4v) is 11.8. The summed E-state index contributed by atoms with van der Waals surface area (Å²) in [5.41, 5.74) is 16.1. The number of ketones is 2. The minimum atomic E-state index is -0.290. The molecule has 5 aliphatic rings. The van der Waals surface area contributed by atoms with E-state index in [2.05, 4.69) is 82.7 Å². The van der Waals surface area contributed by atoms with Gasteiger partial charge in [0.1, 0.15) is 5.78 Å². The summed E-state index contributed by atoms with van der Waals surface area (Å²) in [6, 6.07) is 23.5. The highest BCUT2D eigenvalue weighted by molar-refractivity contribution is 6.06. The van der Waals surface area contributed by atoms with Crippen LogP contribution in [-0.4, -0.2) is 55.6 Å². The number of allylic oxidation sites excluding steroid dienone is 3. The first-order valence-electron chi connectivity index (χ1n) is 24.0. The average molecular weight is 851 g/mol. The summed E-state index contributed by atoms with van der Waals surface area (Å²) in [5, 5.41) is 21.8. The van der Waals surface area contributed by atoms with Gasteiger partial charge in [-0.2, -0.15) is 0 Å². The normalized spacial score (nSPS) is 24.1. The smallest absolute Gasteiger partial charge is 0.163 e. The SMILES string of the molecule is COc1cc(/C=C/C(=O)CC(=O)CCCC2(C[C@@H]3[C@H]4CCNC[C@@H]4C=C4CCCN[C@H]43)CCCC2)c(CC2=CNC(N)C=C2CCc2cccc(CCc3ccccc3)c2)cc1O. The van der Waals surface area contributed by atoms with Crippen molar-refractivity contribution in [3.8, 4) is 11.5 Å². The highest BCUT2D eigenvalue weighted by Crippen LogP contribution is 2.52. The molecule has 0 spiro atoms. The summed E-state index contributed by atoms with van der Waals surface area (Å²) in [6.45, 7) is 3.35. The van der Waals surface area contributed by atoms with E-state index in [0.717, 1.165) is 86.4 Å². The van der Waals surface area contributed by atoms with Crippen LogP contribution in [-0.2, 0) is 35.3 Å². The number of rotatable bonds is 19. The lowest BCUT2D eigenvalue weighted by molar-refractivity contribution is -0.124. The van der Waals surface area contributed by atoms with Crippen molar-refractivity contribution in [2.75, 3.05) is 26.7 Å². The monoisotopic (exact) mass is 851 g/mol. The number of piperidine rings is 2. The van der Waals surface area contributed by atoms with Gasteiger partial charge in [-0.05, 0) is 183 Å². The molecule has 3 heterocycles. The van der Waals surface area contributed by atoms with Crippen LogP contribution < -0.4 is 26.4 Å². The predicted octanol–water partition coefficient (Wildman–Crippen LogP) is 9.26. The molecule has 8 rings (SSSR count). The van der Waals surface area contributed by atoms with E-state index in [1.54, 1.807) is 23.8 Å². The van der Waals surface area contributed by atoms with Gasteiger partial charge in [-0.3, -0.25) is 9.59 Å². The molecule has 63 heavy (non-hydrogen) atoms. The Balaban J connectivity index is 0.869. The van der Waals surface area contributed by atoms with Crippen LogP contribution in [0.2, 0.25) is 0 Å². The summed E-state index contributed by atoms with van der Waals surface area (Å²) < 4.78 is 5.48. The van der Waals surface area contributed by atoms with Gasteiger partial charge in [-0.1, -0.05) is 85.2 Å². The van der Waals surface area contributed by atoms with Crippen molar-refractivity contribution in [2.24, 2.45) is 28.9 Å². The number of Topliss-reactive ketones (excluding diaryl/α,β-unsaturated/α-hetero) is 1. The van der Waals surface area contributed by atoms with Crippen LogP contribution in [0.5, 0.6) is 11.5 Å². The Bertz CT molecular complexity index is 2180. The van der Waals surface area contributed by atoms with E-state index in [-0.39, 0.29) is 29.9 Å². The van der Waals surface area contributed by atoms with Crippen molar-refractivity contribution < 1.29 is 19.4 Å². The second kappa shape index (κ2) is 21.3. The molecular weight excluding hydrogens is 781 g/mol. The Hall–Kier alpha value is -4.76. The van der Waals surface area contributed by atoms with Crippen LogP contribution in [0.1, 0.15) is 111 Å². The van der Waals surface area contributed by atoms with Gasteiger partial charge in [0, 0.05) is 25.2 Å². The van der Waals surface area contributed by atoms with E-state index in [1.165, 1.54) is 81.2 Å². The third kappa shape index (κ3) is 11.7. The van der Waals surface area contributed by atoms with Gasteiger partial charge in [0.25, 0.3) is 0 Å². The van der Waals surface area contributed by atoms with Gasteiger partial charge in [-0.15, -0.1) is 0 Å². The minimum Gasteiger partial charge on any atom is -0.504 e. The van der Waals surface area contributed by atoms with Crippen LogP contribution in [0.15, 0.2) is 108 Å². The van der Waals surface area contributed by atoms with Gasteiger partial charge in [0.2, 0.25) is 0 Å². The van der Waals surface area contributed by atoms with Gasteiger partial charge in [-0.25, -0.2) is 0 Å². The maximum absolute atomic E-state index is 13.4. The second-order valence-electron chi connectivity index (χ2n) is 19.3. The van der Waals surface area contributed by atoms with Crippen molar-refractivity contribution in [1.29, 1.82) is 0 Å². The molecule has 8 nitrogen and oxygen atoms in total. The van der Waals surface area contributed by atoms with E-state index < -0.39 is 0 Å². The van der Waals surface area contributed by atoms with Crippen LogP contribution in [0.25, 0.3) is 6.08 Å². The average Bonchev–Trinajstić information content (AvgIpc) is 3.76. The van der Waals surface area contributed by atoms with Crippen LogP contribution in [0.4, 0.5) is 0 Å². The quantitative estimate of drug-likeness (QED) is 0.0460. The first kappa shape index (κ1) is 44.8. The third-order valence-corrected chi connectivity index (χ3v) is 15.0. The van der Waals surface area contributed by atoms with Crippen LogP contribution >= 0.6 is 0 Å². The van der Waals surface area contributed by atoms with Gasteiger partial charge in [0.05, 0.1) is 19.7 Å².